The van der Waals surface area contributed by atoms with Crippen molar-refractivity contribution >= 4 is 11.9 Å². The molecule has 0 saturated carbocycles. The van der Waals surface area contributed by atoms with E-state index in [1.54, 1.807) is 18.3 Å². The molecule has 0 aliphatic carbocycles. The van der Waals surface area contributed by atoms with Crippen LogP contribution in [-0.2, 0) is 0 Å². The number of aliphatic imine (C=N–C) groups is 1. The quantitative estimate of drug-likeness (QED) is 0.515. The molecular weight excluding hydrogens is 256 g/mol. The topological polar surface area (TPSA) is 75.7 Å². The Hall–Kier alpha value is -2.53. The molecule has 0 saturated heterocycles. The summed E-state index contributed by atoms with van der Waals surface area (Å²) in [6.45, 7) is 0.251. The molecule has 1 N–H and O–H groups in total. The standard InChI is InChI=1S/C15H14N2O3/c18-15(13-4-2-1-3-5-13)11-16-10-12-6-8-14(9-7-12)17(19)20/h1-10,15,18H,11H2/t15-/m0/s1. The molecule has 102 valence electrons. The molecule has 0 aliphatic rings. The highest BCUT2D eigenvalue weighted by molar-refractivity contribution is 5.79. The second kappa shape index (κ2) is 6.58. The van der Waals surface area contributed by atoms with Gasteiger partial charge in [0.25, 0.3) is 5.69 Å². The van der Waals surface area contributed by atoms with Crippen LogP contribution in [0.5, 0.6) is 0 Å². The molecule has 1 atom stereocenters. The Kier molecular flexibility index (Phi) is 4.57. The van der Waals surface area contributed by atoms with Crippen molar-refractivity contribution in [1.29, 1.82) is 0 Å². The molecule has 2 rings (SSSR count). The molecule has 0 fully saturated rings. The van der Waals surface area contributed by atoms with E-state index in [-0.39, 0.29) is 12.2 Å². The Morgan fingerprint density at radius 2 is 1.80 bits per heavy atom. The molecule has 0 aromatic heterocycles. The molecule has 0 unspecified atom stereocenters. The van der Waals surface area contributed by atoms with Crippen LogP contribution in [0.25, 0.3) is 0 Å². The number of aliphatic hydroxyl groups excluding tert-OH is 1. The largest absolute Gasteiger partial charge is 0.386 e. The van der Waals surface area contributed by atoms with Crippen LogP contribution in [0.15, 0.2) is 59.6 Å². The van der Waals surface area contributed by atoms with Crippen LogP contribution >= 0.6 is 0 Å². The van der Waals surface area contributed by atoms with Gasteiger partial charge in [0.05, 0.1) is 17.6 Å². The van der Waals surface area contributed by atoms with Crippen molar-refractivity contribution in [2.24, 2.45) is 4.99 Å². The highest BCUT2D eigenvalue weighted by Crippen LogP contribution is 2.13. The van der Waals surface area contributed by atoms with Gasteiger partial charge in [-0.05, 0) is 23.3 Å². The molecule has 0 amide bonds. The molecule has 0 spiro atoms. The molecule has 2 aromatic rings. The van der Waals surface area contributed by atoms with Crippen LogP contribution in [0, 0.1) is 10.1 Å². The number of aliphatic hydroxyl groups is 1. The second-order valence-corrected chi connectivity index (χ2v) is 4.27. The third-order valence-corrected chi connectivity index (χ3v) is 2.81. The summed E-state index contributed by atoms with van der Waals surface area (Å²) in [5.41, 5.74) is 1.62. The zero-order valence-electron chi connectivity index (χ0n) is 10.7. The molecule has 20 heavy (non-hydrogen) atoms. The Morgan fingerprint density at radius 3 is 2.40 bits per heavy atom. The van der Waals surface area contributed by atoms with E-state index >= 15 is 0 Å². The third kappa shape index (κ3) is 3.73. The number of benzene rings is 2. The first kappa shape index (κ1) is 13.9. The van der Waals surface area contributed by atoms with Crippen LogP contribution in [-0.4, -0.2) is 22.8 Å². The number of hydrogen-bond acceptors (Lipinski definition) is 4. The van der Waals surface area contributed by atoms with Gasteiger partial charge in [0.15, 0.2) is 0 Å². The maximum Gasteiger partial charge on any atom is 0.269 e. The van der Waals surface area contributed by atoms with Gasteiger partial charge in [0, 0.05) is 18.3 Å². The van der Waals surface area contributed by atoms with Crippen molar-refractivity contribution in [2.45, 2.75) is 6.10 Å². The van der Waals surface area contributed by atoms with Gasteiger partial charge in [-0.15, -0.1) is 0 Å². The van der Waals surface area contributed by atoms with E-state index < -0.39 is 11.0 Å². The minimum absolute atomic E-state index is 0.0477. The van der Waals surface area contributed by atoms with Gasteiger partial charge < -0.3 is 5.11 Å². The van der Waals surface area contributed by atoms with Crippen LogP contribution in [0.3, 0.4) is 0 Å². The minimum Gasteiger partial charge on any atom is -0.386 e. The lowest BCUT2D eigenvalue weighted by Crippen LogP contribution is -2.01. The number of nitrogens with zero attached hydrogens (tertiary/aromatic N) is 2. The van der Waals surface area contributed by atoms with Crippen molar-refractivity contribution < 1.29 is 10.0 Å². The smallest absolute Gasteiger partial charge is 0.269 e. The Morgan fingerprint density at radius 1 is 1.15 bits per heavy atom. The second-order valence-electron chi connectivity index (χ2n) is 4.27. The number of nitro benzene ring substituents is 1. The molecule has 0 aliphatic heterocycles. The van der Waals surface area contributed by atoms with Gasteiger partial charge in [-0.2, -0.15) is 0 Å². The van der Waals surface area contributed by atoms with Gasteiger partial charge in [0.2, 0.25) is 0 Å². The molecule has 2 aromatic carbocycles. The van der Waals surface area contributed by atoms with E-state index in [9.17, 15) is 15.2 Å². The summed E-state index contributed by atoms with van der Waals surface area (Å²) >= 11 is 0. The van der Waals surface area contributed by atoms with Gasteiger partial charge in [-0.25, -0.2) is 0 Å². The predicted molar refractivity (Wildman–Crippen MR) is 77.0 cm³/mol. The number of hydrogen-bond donors (Lipinski definition) is 1. The van der Waals surface area contributed by atoms with Gasteiger partial charge in [0.1, 0.15) is 0 Å². The molecule has 5 heteroatoms. The minimum atomic E-state index is -0.648. The fourth-order valence-corrected chi connectivity index (χ4v) is 1.72. The van der Waals surface area contributed by atoms with E-state index in [4.69, 9.17) is 0 Å². The fraction of sp³-hybridized carbons (Fsp3) is 0.133. The summed E-state index contributed by atoms with van der Waals surface area (Å²) in [5, 5.41) is 20.4. The summed E-state index contributed by atoms with van der Waals surface area (Å²) in [7, 11) is 0. The maximum atomic E-state index is 10.5. The summed E-state index contributed by atoms with van der Waals surface area (Å²) < 4.78 is 0. The maximum absolute atomic E-state index is 10.5. The third-order valence-electron chi connectivity index (χ3n) is 2.81. The van der Waals surface area contributed by atoms with E-state index in [2.05, 4.69) is 4.99 Å². The normalized spacial score (nSPS) is 12.4. The monoisotopic (exact) mass is 270 g/mol. The van der Waals surface area contributed by atoms with E-state index in [1.807, 2.05) is 30.3 Å². The van der Waals surface area contributed by atoms with Gasteiger partial charge in [-0.1, -0.05) is 30.3 Å². The summed E-state index contributed by atoms with van der Waals surface area (Å²) in [4.78, 5) is 14.2. The fourth-order valence-electron chi connectivity index (χ4n) is 1.72. The molecule has 0 bridgehead atoms. The van der Waals surface area contributed by atoms with Crippen molar-refractivity contribution in [3.05, 3.63) is 75.8 Å². The molecule has 0 radical (unpaired) electrons. The molecule has 0 heterocycles. The lowest BCUT2D eigenvalue weighted by Gasteiger charge is -2.06. The predicted octanol–water partition coefficient (Wildman–Crippen LogP) is 2.75. The van der Waals surface area contributed by atoms with Gasteiger partial charge >= 0.3 is 0 Å². The average molecular weight is 270 g/mol. The van der Waals surface area contributed by atoms with E-state index in [1.165, 1.54) is 12.1 Å². The molecular formula is C15H14N2O3. The lowest BCUT2D eigenvalue weighted by molar-refractivity contribution is -0.384. The average Bonchev–Trinajstić information content (AvgIpc) is 2.48. The van der Waals surface area contributed by atoms with Crippen LogP contribution in [0.2, 0.25) is 0 Å². The highest BCUT2D eigenvalue weighted by atomic mass is 16.6. The van der Waals surface area contributed by atoms with Crippen LogP contribution in [0.1, 0.15) is 17.2 Å². The van der Waals surface area contributed by atoms with Crippen molar-refractivity contribution in [3.8, 4) is 0 Å². The number of nitro groups is 1. The first-order valence-corrected chi connectivity index (χ1v) is 6.14. The summed E-state index contributed by atoms with van der Waals surface area (Å²) in [5.74, 6) is 0. The first-order valence-electron chi connectivity index (χ1n) is 6.14. The zero-order valence-corrected chi connectivity index (χ0v) is 10.7. The van der Waals surface area contributed by atoms with E-state index in [0.717, 1.165) is 11.1 Å². The highest BCUT2D eigenvalue weighted by Gasteiger charge is 2.05. The first-order chi connectivity index (χ1) is 9.66. The summed E-state index contributed by atoms with van der Waals surface area (Å²) in [6.07, 6.45) is 0.945. The van der Waals surface area contributed by atoms with Gasteiger partial charge in [-0.3, -0.25) is 15.1 Å². The van der Waals surface area contributed by atoms with Crippen molar-refractivity contribution in [1.82, 2.24) is 0 Å². The SMILES string of the molecule is O=[N+]([O-])c1ccc(C=NC[C@H](O)c2ccccc2)cc1. The Bertz CT molecular complexity index is 594. The lowest BCUT2D eigenvalue weighted by atomic mass is 10.1. The Balaban J connectivity index is 1.95. The zero-order chi connectivity index (χ0) is 14.4. The van der Waals surface area contributed by atoms with E-state index in [0.29, 0.717) is 0 Å². The number of rotatable bonds is 5. The van der Waals surface area contributed by atoms with Crippen molar-refractivity contribution in [3.63, 3.8) is 0 Å². The van der Waals surface area contributed by atoms with Crippen molar-refractivity contribution in [2.75, 3.05) is 6.54 Å². The molecule has 5 nitrogen and oxygen atoms in total. The summed E-state index contributed by atoms with van der Waals surface area (Å²) in [6, 6.07) is 15.4. The van der Waals surface area contributed by atoms with Crippen LogP contribution < -0.4 is 0 Å². The van der Waals surface area contributed by atoms with Crippen LogP contribution in [0.4, 0.5) is 5.69 Å². The Labute approximate surface area is 116 Å². The number of non-ortho nitro benzene ring substituents is 1.